The van der Waals surface area contributed by atoms with E-state index in [1.54, 1.807) is 0 Å². The van der Waals surface area contributed by atoms with Gasteiger partial charge in [0.1, 0.15) is 5.82 Å². The van der Waals surface area contributed by atoms with Crippen LogP contribution < -0.4 is 0 Å². The monoisotopic (exact) mass is 410 g/mol. The van der Waals surface area contributed by atoms with Gasteiger partial charge in [-0.1, -0.05) is 64.0 Å². The molecule has 0 bridgehead atoms. The van der Waals surface area contributed by atoms with Crippen molar-refractivity contribution in [1.82, 2.24) is 0 Å². The molecule has 1 aromatic rings. The summed E-state index contributed by atoms with van der Waals surface area (Å²) >= 11 is 0. The van der Waals surface area contributed by atoms with E-state index in [0.717, 1.165) is 48.8 Å². The molecule has 1 aromatic carbocycles. The first-order chi connectivity index (χ1) is 13.9. The minimum absolute atomic E-state index is 0.521. The Bertz CT molecular complexity index is 681. The predicted molar refractivity (Wildman–Crippen MR) is 111 cm³/mol. The van der Waals surface area contributed by atoms with Gasteiger partial charge in [0.05, 0.1) is 5.56 Å². The molecule has 3 rings (SSSR count). The van der Waals surface area contributed by atoms with E-state index in [1.165, 1.54) is 63.9 Å². The quantitative estimate of drug-likeness (QED) is 0.311. The van der Waals surface area contributed by atoms with Crippen molar-refractivity contribution in [2.45, 2.75) is 90.1 Å². The normalized spacial score (nSPS) is 25.7. The number of hydrogen-bond acceptors (Lipinski definition) is 0. The molecule has 4 heteroatoms. The fourth-order valence-corrected chi connectivity index (χ4v) is 5.30. The average molecular weight is 411 g/mol. The Morgan fingerprint density at radius 3 is 2.31 bits per heavy atom. The van der Waals surface area contributed by atoms with Gasteiger partial charge in [0.25, 0.3) is 0 Å². The number of allylic oxidation sites excluding steroid dienone is 2. The zero-order chi connectivity index (χ0) is 20.9. The fourth-order valence-electron chi connectivity index (χ4n) is 5.30. The topological polar surface area (TPSA) is 0 Å². The molecular weight excluding hydrogens is 376 g/mol. The highest BCUT2D eigenvalue weighted by molar-refractivity contribution is 5.67. The summed E-state index contributed by atoms with van der Waals surface area (Å²) in [5.74, 6) is 1.13. The van der Waals surface area contributed by atoms with E-state index in [4.69, 9.17) is 0 Å². The third-order valence-corrected chi connectivity index (χ3v) is 7.12. The lowest BCUT2D eigenvalue weighted by Gasteiger charge is -2.35. The van der Waals surface area contributed by atoms with E-state index in [1.807, 2.05) is 0 Å². The Labute approximate surface area is 172 Å². The van der Waals surface area contributed by atoms with Gasteiger partial charge in [0.2, 0.25) is 0 Å². The first-order valence-electron chi connectivity index (χ1n) is 11.4. The highest BCUT2D eigenvalue weighted by atomic mass is 19.4. The van der Waals surface area contributed by atoms with E-state index in [9.17, 15) is 17.6 Å². The molecule has 0 saturated heterocycles. The zero-order valence-electron chi connectivity index (χ0n) is 17.5. The lowest BCUT2D eigenvalue weighted by molar-refractivity contribution is -0.140. The molecular formula is C25H34F4. The number of hydrogen-bond donors (Lipinski definition) is 0. The number of benzene rings is 1. The Morgan fingerprint density at radius 1 is 0.931 bits per heavy atom. The van der Waals surface area contributed by atoms with Crippen LogP contribution in [-0.2, 0) is 6.18 Å². The van der Waals surface area contributed by atoms with Crippen LogP contribution in [0.3, 0.4) is 0 Å². The number of alkyl halides is 3. The van der Waals surface area contributed by atoms with Crippen LogP contribution in [0.15, 0.2) is 24.3 Å². The molecule has 0 heterocycles. The van der Waals surface area contributed by atoms with E-state index in [-0.39, 0.29) is 0 Å². The van der Waals surface area contributed by atoms with Gasteiger partial charge in [-0.25, -0.2) is 4.39 Å². The molecule has 0 radical (unpaired) electrons. The number of rotatable bonds is 7. The van der Waals surface area contributed by atoms with Crippen molar-refractivity contribution in [3.05, 3.63) is 41.2 Å². The fraction of sp³-hybridized carbons (Fsp3) is 0.680. The summed E-state index contributed by atoms with van der Waals surface area (Å²) in [6.07, 6.45) is 12.3. The smallest absolute Gasteiger partial charge is 0.206 e. The molecule has 1 atom stereocenters. The van der Waals surface area contributed by atoms with E-state index >= 15 is 0 Å². The second kappa shape index (κ2) is 10.1. The van der Waals surface area contributed by atoms with Crippen LogP contribution in [0.4, 0.5) is 17.6 Å². The molecule has 2 aliphatic carbocycles. The first-order valence-corrected chi connectivity index (χ1v) is 11.4. The lowest BCUT2D eigenvalue weighted by atomic mass is 9.70. The first kappa shape index (κ1) is 22.4. The van der Waals surface area contributed by atoms with Crippen molar-refractivity contribution in [2.24, 2.45) is 17.8 Å². The Balaban J connectivity index is 1.51. The maximum absolute atomic E-state index is 13.5. The Kier molecular flexibility index (Phi) is 7.81. The summed E-state index contributed by atoms with van der Waals surface area (Å²) in [5.41, 5.74) is 0.305. The highest BCUT2D eigenvalue weighted by Gasteiger charge is 2.35. The molecule has 0 N–H and O–H groups in total. The second-order valence-electron chi connectivity index (χ2n) is 9.09. The third kappa shape index (κ3) is 6.08. The number of unbranched alkanes of at least 4 members (excludes halogenated alkanes) is 3. The largest absolute Gasteiger partial charge is 0.419 e. The maximum atomic E-state index is 13.5. The second-order valence-corrected chi connectivity index (χ2v) is 9.09. The zero-order valence-corrected chi connectivity index (χ0v) is 17.5. The Hall–Kier alpha value is -1.32. The lowest BCUT2D eigenvalue weighted by Crippen LogP contribution is -2.23. The van der Waals surface area contributed by atoms with Gasteiger partial charge >= 0.3 is 6.18 Å². The minimum Gasteiger partial charge on any atom is -0.206 e. The van der Waals surface area contributed by atoms with Crippen molar-refractivity contribution in [3.8, 4) is 0 Å². The minimum atomic E-state index is -4.65. The number of halogens is 4. The van der Waals surface area contributed by atoms with Crippen LogP contribution in [-0.4, -0.2) is 0 Å². The van der Waals surface area contributed by atoms with Gasteiger partial charge in [0.15, 0.2) is 0 Å². The molecule has 2 aliphatic rings. The van der Waals surface area contributed by atoms with E-state index < -0.39 is 17.6 Å². The standard InChI is InChI=1S/C25H34F4/c1-2-3-4-5-6-18-7-9-19(10-8-18)20-11-13-21(14-12-20)22-15-16-24(26)23(17-22)25(27,28)29/h13,15-20H,2-12,14H2,1H3. The van der Waals surface area contributed by atoms with Crippen molar-refractivity contribution in [2.75, 3.05) is 0 Å². The summed E-state index contributed by atoms with van der Waals surface area (Å²) in [6.45, 7) is 2.25. The maximum Gasteiger partial charge on any atom is 0.419 e. The van der Waals surface area contributed by atoms with Gasteiger partial charge in [-0.05, 0) is 73.1 Å². The summed E-state index contributed by atoms with van der Waals surface area (Å²) in [4.78, 5) is 0. The summed E-state index contributed by atoms with van der Waals surface area (Å²) in [6, 6.07) is 3.42. The summed E-state index contributed by atoms with van der Waals surface area (Å²) < 4.78 is 52.5. The average Bonchev–Trinajstić information content (AvgIpc) is 2.71. The molecule has 29 heavy (non-hydrogen) atoms. The van der Waals surface area contributed by atoms with Crippen LogP contribution in [0.2, 0.25) is 0 Å². The van der Waals surface area contributed by atoms with E-state index in [0.29, 0.717) is 11.5 Å². The van der Waals surface area contributed by atoms with E-state index in [2.05, 4.69) is 13.0 Å². The van der Waals surface area contributed by atoms with Crippen molar-refractivity contribution >= 4 is 5.57 Å². The van der Waals surface area contributed by atoms with Crippen LogP contribution >= 0.6 is 0 Å². The van der Waals surface area contributed by atoms with Gasteiger partial charge in [-0.15, -0.1) is 0 Å². The molecule has 0 spiro atoms. The molecule has 1 unspecified atom stereocenters. The predicted octanol–water partition coefficient (Wildman–Crippen LogP) is 8.80. The van der Waals surface area contributed by atoms with Crippen LogP contribution in [0.5, 0.6) is 0 Å². The van der Waals surface area contributed by atoms with Crippen molar-refractivity contribution in [1.29, 1.82) is 0 Å². The molecule has 0 amide bonds. The molecule has 0 aliphatic heterocycles. The van der Waals surface area contributed by atoms with Crippen molar-refractivity contribution in [3.63, 3.8) is 0 Å². The Morgan fingerprint density at radius 2 is 1.69 bits per heavy atom. The van der Waals surface area contributed by atoms with Gasteiger partial charge in [0, 0.05) is 0 Å². The molecule has 0 aromatic heterocycles. The molecule has 0 nitrogen and oxygen atoms in total. The van der Waals surface area contributed by atoms with Crippen LogP contribution in [0.25, 0.3) is 5.57 Å². The van der Waals surface area contributed by atoms with Gasteiger partial charge in [-0.2, -0.15) is 13.2 Å². The van der Waals surface area contributed by atoms with Crippen molar-refractivity contribution < 1.29 is 17.6 Å². The van der Waals surface area contributed by atoms with Gasteiger partial charge in [-0.3, -0.25) is 0 Å². The summed E-state index contributed by atoms with van der Waals surface area (Å²) in [5, 5.41) is 0. The molecule has 1 saturated carbocycles. The third-order valence-electron chi connectivity index (χ3n) is 7.12. The highest BCUT2D eigenvalue weighted by Crippen LogP contribution is 2.43. The van der Waals surface area contributed by atoms with Crippen LogP contribution in [0.1, 0.15) is 95.1 Å². The SMILES string of the molecule is CCCCCCC1CCC(C2CC=C(c3ccc(F)c(C(F)(F)F)c3)CC2)CC1. The van der Waals surface area contributed by atoms with Gasteiger partial charge < -0.3 is 0 Å². The molecule has 162 valence electrons. The molecule has 1 fully saturated rings. The van der Waals surface area contributed by atoms with Crippen LogP contribution in [0, 0.1) is 23.6 Å². The summed E-state index contributed by atoms with van der Waals surface area (Å²) in [7, 11) is 0.